The summed E-state index contributed by atoms with van der Waals surface area (Å²) < 4.78 is 49.5. The highest BCUT2D eigenvalue weighted by Gasteiger charge is 2.40. The molecule has 0 spiro atoms. The first-order chi connectivity index (χ1) is 38.6. The second kappa shape index (κ2) is 72.3. The summed E-state index contributed by atoms with van der Waals surface area (Å²) in [7, 11) is 2.80. The van der Waals surface area contributed by atoms with Crippen LogP contribution in [0.2, 0.25) is 18.1 Å². The minimum atomic E-state index is -2.40. The molecule has 79 heavy (non-hydrogen) atoms. The topological polar surface area (TPSA) is 83.1 Å². The lowest BCUT2D eigenvalue weighted by Gasteiger charge is -2.28. The van der Waals surface area contributed by atoms with E-state index in [0.717, 1.165) is 24.9 Å². The molecule has 0 heterocycles. The molecular weight excluding hydrogens is 1030 g/mol. The molecule has 0 aromatic heterocycles. The largest absolute Gasteiger partial charge is 0.504 e. The summed E-state index contributed by atoms with van der Waals surface area (Å²) in [4.78, 5) is 0. The van der Waals surface area contributed by atoms with Gasteiger partial charge >= 0.3 is 26.4 Å². The van der Waals surface area contributed by atoms with E-state index >= 15 is 0 Å². The van der Waals surface area contributed by atoms with Crippen molar-refractivity contribution in [2.24, 2.45) is 0 Å². The van der Waals surface area contributed by atoms with E-state index in [9.17, 15) is 0 Å². The summed E-state index contributed by atoms with van der Waals surface area (Å²) in [5, 5.41) is 0. The maximum atomic E-state index is 5.93. The first kappa shape index (κ1) is 85.5. The van der Waals surface area contributed by atoms with E-state index in [2.05, 4.69) is 34.3 Å². The third-order valence-corrected chi connectivity index (χ3v) is 24.0. The first-order valence-corrected chi connectivity index (χ1v) is 40.1. The predicted molar refractivity (Wildman–Crippen MR) is 354 cm³/mol. The molecule has 479 valence electrons. The fourth-order valence-electron chi connectivity index (χ4n) is 10.2. The van der Waals surface area contributed by atoms with Gasteiger partial charge in [-0.15, -0.1) is 6.58 Å². The van der Waals surface area contributed by atoms with Crippen molar-refractivity contribution in [3.05, 3.63) is 19.6 Å². The molecule has 0 aliphatic rings. The Morgan fingerprint density at radius 3 is 0.608 bits per heavy atom. The number of unbranched alkanes of at least 4 members (excludes halogenated alkanes) is 43. The van der Waals surface area contributed by atoms with E-state index in [1.165, 1.54) is 283 Å². The third-order valence-electron chi connectivity index (χ3n) is 15.4. The summed E-state index contributed by atoms with van der Waals surface area (Å²) in [5.41, 5.74) is 0. The summed E-state index contributed by atoms with van der Waals surface area (Å²) >= 11 is 0. The Hall–Kier alpha value is 0.0306. The maximum Gasteiger partial charge on any atom is 0.504 e. The van der Waals surface area contributed by atoms with Gasteiger partial charge in [0.2, 0.25) is 0 Å². The standard InChI is InChI=1S/C24H52O3Si.C21H46O3Si.C16H33.C6H14O3Si/c1-5-9-10-11-12-13-14-15-16-17-18-19-20-21-22-23-24-28(25-6-2,26-7-3)27-8-4;1-5-6-7-8-9-10-11-12-13-14-15-16-17-18-19-20-21-25(22-2,23-3)24-4;1-3-5-7-9-11-13-15-16-14-12-10-8-6-4-2;1-5-6-10(7-2,8-3)9-4/h5-24H2,1-4H3;5-21H2,1-4H3;1,3-16H2,2H3;5H,1,6H2,2-4H3. The number of rotatable bonds is 61. The van der Waals surface area contributed by atoms with Gasteiger partial charge in [0.15, 0.2) is 0 Å². The van der Waals surface area contributed by atoms with Crippen molar-refractivity contribution in [1.82, 2.24) is 0 Å². The van der Waals surface area contributed by atoms with E-state index in [1.807, 2.05) is 20.8 Å². The molecule has 0 aromatic rings. The number of allylic oxidation sites excluding steroid dienone is 1. The molecule has 0 N–H and O–H groups in total. The molecule has 0 aliphatic carbocycles. The first-order valence-electron chi connectivity index (χ1n) is 34.3. The summed E-state index contributed by atoms with van der Waals surface area (Å²) in [6.07, 6.45) is 66.3. The fraction of sp³-hybridized carbons (Fsp3) is 0.955. The van der Waals surface area contributed by atoms with Gasteiger partial charge in [0, 0.05) is 80.6 Å². The van der Waals surface area contributed by atoms with Gasteiger partial charge in [-0.25, -0.2) is 0 Å². The van der Waals surface area contributed by atoms with E-state index < -0.39 is 26.4 Å². The van der Waals surface area contributed by atoms with E-state index in [0.29, 0.717) is 25.9 Å². The zero-order chi connectivity index (χ0) is 59.3. The van der Waals surface area contributed by atoms with Crippen LogP contribution in [0.4, 0.5) is 0 Å². The van der Waals surface area contributed by atoms with Gasteiger partial charge in [-0.3, -0.25) is 0 Å². The maximum absolute atomic E-state index is 5.93. The Bertz CT molecular complexity index is 1040. The molecule has 0 aliphatic heterocycles. The van der Waals surface area contributed by atoms with Crippen LogP contribution < -0.4 is 0 Å². The molecule has 0 unspecified atom stereocenters. The van der Waals surface area contributed by atoms with E-state index in [-0.39, 0.29) is 0 Å². The number of hydrogen-bond donors (Lipinski definition) is 0. The van der Waals surface area contributed by atoms with Crippen LogP contribution >= 0.6 is 0 Å². The van der Waals surface area contributed by atoms with Crippen LogP contribution in [0.25, 0.3) is 0 Å². The summed E-state index contributed by atoms with van der Waals surface area (Å²) in [5.74, 6) is 0. The van der Waals surface area contributed by atoms with Crippen LogP contribution in [-0.2, 0) is 39.8 Å². The third kappa shape index (κ3) is 62.4. The van der Waals surface area contributed by atoms with Gasteiger partial charge < -0.3 is 39.8 Å². The normalized spacial score (nSPS) is 11.7. The van der Waals surface area contributed by atoms with Crippen LogP contribution in [0.3, 0.4) is 0 Å². The van der Waals surface area contributed by atoms with Gasteiger partial charge in [0.1, 0.15) is 0 Å². The van der Waals surface area contributed by atoms with Crippen molar-refractivity contribution in [3.63, 3.8) is 0 Å². The Labute approximate surface area is 500 Å². The van der Waals surface area contributed by atoms with Crippen LogP contribution in [0.15, 0.2) is 12.7 Å². The molecule has 0 aromatic carbocycles. The molecular formula is C67H145O9Si3. The Morgan fingerprint density at radius 1 is 0.253 bits per heavy atom. The average Bonchev–Trinajstić information content (AvgIpc) is 3.46. The lowest BCUT2D eigenvalue weighted by Crippen LogP contribution is -2.45. The Balaban J connectivity index is -0.000000503. The highest BCUT2D eigenvalue weighted by molar-refractivity contribution is 6.61. The smallest absolute Gasteiger partial charge is 0.377 e. The Morgan fingerprint density at radius 2 is 0.443 bits per heavy atom. The van der Waals surface area contributed by atoms with Crippen LogP contribution in [0, 0.1) is 6.92 Å². The van der Waals surface area contributed by atoms with Crippen molar-refractivity contribution in [3.8, 4) is 0 Å². The number of hydrogen-bond acceptors (Lipinski definition) is 9. The van der Waals surface area contributed by atoms with Crippen LogP contribution in [-0.4, -0.2) is 88.9 Å². The fourth-order valence-corrected chi connectivity index (χ4v) is 16.0. The molecule has 12 heteroatoms. The Kier molecular flexibility index (Phi) is 78.2. The molecule has 9 nitrogen and oxygen atoms in total. The SMILES string of the molecule is C=CC[Si](OC)(OC)OC.CCCCCCCCCCCCCCCCCC[Si](OC)(OC)OC.CCCCCCCCCCCCCCCCCC[Si](OCC)(OCC)OCC.[CH2]CCCCCCCCCCCCCCC. The van der Waals surface area contributed by atoms with Crippen LogP contribution in [0.1, 0.15) is 337 Å². The highest BCUT2D eigenvalue weighted by atomic mass is 28.4. The molecule has 0 saturated carbocycles. The van der Waals surface area contributed by atoms with Crippen molar-refractivity contribution < 1.29 is 39.8 Å². The lowest BCUT2D eigenvalue weighted by molar-refractivity contribution is 0.0706. The summed E-state index contributed by atoms with van der Waals surface area (Å²) in [6.45, 7) is 22.5. The highest BCUT2D eigenvalue weighted by Crippen LogP contribution is 2.23. The van der Waals surface area contributed by atoms with Crippen molar-refractivity contribution in [2.45, 2.75) is 355 Å². The molecule has 0 fully saturated rings. The second-order valence-corrected chi connectivity index (χ2v) is 31.1. The van der Waals surface area contributed by atoms with E-state index in [4.69, 9.17) is 39.8 Å². The minimum Gasteiger partial charge on any atom is -0.377 e. The van der Waals surface area contributed by atoms with Crippen molar-refractivity contribution in [2.75, 3.05) is 62.5 Å². The average molecular weight is 1180 g/mol. The molecule has 0 saturated heterocycles. The summed E-state index contributed by atoms with van der Waals surface area (Å²) in [6, 6.07) is 2.56. The molecule has 0 rings (SSSR count). The molecule has 0 atom stereocenters. The zero-order valence-corrected chi connectivity index (χ0v) is 58.9. The quantitative estimate of drug-likeness (QED) is 0.0336. The van der Waals surface area contributed by atoms with E-state index in [1.54, 1.807) is 48.7 Å². The van der Waals surface area contributed by atoms with Gasteiger partial charge in [0.05, 0.1) is 0 Å². The minimum absolute atomic E-state index is 0.649. The predicted octanol–water partition coefficient (Wildman–Crippen LogP) is 22.8. The van der Waals surface area contributed by atoms with Crippen molar-refractivity contribution in [1.29, 1.82) is 0 Å². The van der Waals surface area contributed by atoms with Crippen LogP contribution in [0.5, 0.6) is 0 Å². The second-order valence-electron chi connectivity index (χ2n) is 22.3. The molecule has 0 amide bonds. The molecule has 1 radical (unpaired) electrons. The zero-order valence-electron chi connectivity index (χ0n) is 55.9. The van der Waals surface area contributed by atoms with Gasteiger partial charge in [-0.2, -0.15) is 0 Å². The van der Waals surface area contributed by atoms with Gasteiger partial charge in [-0.05, 0) is 33.6 Å². The van der Waals surface area contributed by atoms with Gasteiger partial charge in [-0.1, -0.05) is 316 Å². The molecule has 0 bridgehead atoms. The van der Waals surface area contributed by atoms with Crippen molar-refractivity contribution >= 4 is 26.4 Å². The lowest BCUT2D eigenvalue weighted by atomic mass is 10.0. The monoisotopic (exact) mass is 1180 g/mol. The van der Waals surface area contributed by atoms with Gasteiger partial charge in [0.25, 0.3) is 0 Å².